The van der Waals surface area contributed by atoms with E-state index < -0.39 is 0 Å². The maximum absolute atomic E-state index is 4.97. The molecule has 0 saturated heterocycles. The molecule has 0 N–H and O–H groups in total. The molecule has 9 aromatic carbocycles. The van der Waals surface area contributed by atoms with Gasteiger partial charge in [0, 0.05) is 5.56 Å². The van der Waals surface area contributed by atoms with Gasteiger partial charge in [-0.2, -0.15) is 0 Å². The van der Waals surface area contributed by atoms with Gasteiger partial charge < -0.3 is 0 Å². The third-order valence-electron chi connectivity index (χ3n) is 9.84. The number of para-hydroxylation sites is 1. The molecule has 1 nitrogen and oxygen atoms in total. The number of fused-ring (bicyclic) bond motifs is 5. The minimum Gasteiger partial charge on any atom is -0.236 e. The van der Waals surface area contributed by atoms with Crippen LogP contribution in [0, 0.1) is 0 Å². The smallest absolute Gasteiger partial charge is 0.124 e. The van der Waals surface area contributed by atoms with Crippen LogP contribution >= 0.6 is 11.3 Å². The number of thiazole rings is 1. The molecule has 2 heteroatoms. The lowest BCUT2D eigenvalue weighted by molar-refractivity contribution is 1.47. The fourth-order valence-electron chi connectivity index (χ4n) is 7.50. The van der Waals surface area contributed by atoms with Crippen LogP contribution in [0.5, 0.6) is 0 Å². The van der Waals surface area contributed by atoms with Crippen molar-refractivity contribution in [1.82, 2.24) is 4.98 Å². The van der Waals surface area contributed by atoms with E-state index >= 15 is 0 Å². The predicted octanol–water partition coefficient (Wildman–Crippen LogP) is 13.6. The van der Waals surface area contributed by atoms with E-state index in [1.807, 2.05) is 0 Å². The topological polar surface area (TPSA) is 12.9 Å². The molecule has 0 amide bonds. The second kappa shape index (κ2) is 11.3. The van der Waals surface area contributed by atoms with Crippen LogP contribution in [0.15, 0.2) is 176 Å². The maximum Gasteiger partial charge on any atom is 0.124 e. The average Bonchev–Trinajstić information content (AvgIpc) is 3.61. The largest absolute Gasteiger partial charge is 0.236 e. The van der Waals surface area contributed by atoms with E-state index in [4.69, 9.17) is 4.98 Å². The van der Waals surface area contributed by atoms with Crippen LogP contribution in [0.1, 0.15) is 0 Å². The molecule has 0 aliphatic heterocycles. The summed E-state index contributed by atoms with van der Waals surface area (Å²) in [5, 5.41) is 11.1. The second-order valence-corrected chi connectivity index (χ2v) is 13.8. The van der Waals surface area contributed by atoms with Crippen LogP contribution in [-0.4, -0.2) is 4.98 Å². The molecule has 1 aromatic heterocycles. The number of rotatable bonds is 4. The summed E-state index contributed by atoms with van der Waals surface area (Å²) in [6.45, 7) is 0. The first-order valence-corrected chi connectivity index (χ1v) is 17.5. The summed E-state index contributed by atoms with van der Waals surface area (Å²) in [6.07, 6.45) is 0. The Kier molecular flexibility index (Phi) is 6.43. The van der Waals surface area contributed by atoms with Crippen molar-refractivity contribution in [2.75, 3.05) is 0 Å². The molecule has 0 spiro atoms. The lowest BCUT2D eigenvalue weighted by Gasteiger charge is -2.19. The fourth-order valence-corrected chi connectivity index (χ4v) is 8.46. The summed E-state index contributed by atoms with van der Waals surface area (Å²) in [4.78, 5) is 4.97. The lowest BCUT2D eigenvalue weighted by atomic mass is 9.84. The summed E-state index contributed by atoms with van der Waals surface area (Å²) in [5.41, 5.74) is 9.57. The van der Waals surface area contributed by atoms with E-state index in [0.29, 0.717) is 0 Å². The third-order valence-corrected chi connectivity index (χ3v) is 10.9. The maximum atomic E-state index is 4.97. The number of aromatic nitrogens is 1. The Morgan fingerprint density at radius 1 is 0.327 bits per heavy atom. The molecule has 0 radical (unpaired) electrons. The third kappa shape index (κ3) is 4.72. The lowest BCUT2D eigenvalue weighted by Crippen LogP contribution is -1.92. The average molecular weight is 640 g/mol. The standard InChI is InChI=1S/C47H29NS/c1-3-12-32-26-36(22-20-30(32)10-1)45-39-16-5-6-17-40(39)46(37-23-21-31-11-2-4-13-33(31)27-37)42-29-35(24-25-41(42)45)34-14-9-15-38(28-34)47-48-43-18-7-8-19-44(43)49-47/h1-29H. The molecular formula is C47H29NS. The zero-order chi connectivity index (χ0) is 32.3. The molecule has 0 aliphatic carbocycles. The number of benzene rings is 9. The van der Waals surface area contributed by atoms with Crippen molar-refractivity contribution in [3.05, 3.63) is 176 Å². The molecule has 0 saturated carbocycles. The molecule has 0 atom stereocenters. The van der Waals surface area contributed by atoms with Crippen molar-refractivity contribution >= 4 is 64.6 Å². The molecule has 228 valence electrons. The van der Waals surface area contributed by atoms with Crippen LogP contribution in [0.25, 0.3) is 97.3 Å². The summed E-state index contributed by atoms with van der Waals surface area (Å²) in [5.74, 6) is 0. The first-order chi connectivity index (χ1) is 24.3. The molecule has 0 unspecified atom stereocenters. The van der Waals surface area contributed by atoms with Gasteiger partial charge in [0.1, 0.15) is 5.01 Å². The SMILES string of the molecule is c1cc(-c2ccc3c(-c4ccc5ccccc5c4)c4ccccc4c(-c4ccc5ccccc5c4)c3c2)cc(-c2nc3ccccc3s2)c1. The molecule has 0 fully saturated rings. The van der Waals surface area contributed by atoms with Crippen molar-refractivity contribution in [1.29, 1.82) is 0 Å². The van der Waals surface area contributed by atoms with Gasteiger partial charge >= 0.3 is 0 Å². The van der Waals surface area contributed by atoms with Gasteiger partial charge in [-0.25, -0.2) is 4.98 Å². The normalized spacial score (nSPS) is 11.7. The van der Waals surface area contributed by atoms with Crippen LogP contribution in [-0.2, 0) is 0 Å². The van der Waals surface area contributed by atoms with Gasteiger partial charge in [-0.1, -0.05) is 140 Å². The summed E-state index contributed by atoms with van der Waals surface area (Å²) >= 11 is 1.75. The van der Waals surface area contributed by atoms with Gasteiger partial charge in [0.15, 0.2) is 0 Å². The van der Waals surface area contributed by atoms with Crippen molar-refractivity contribution in [3.63, 3.8) is 0 Å². The number of nitrogens with zero attached hydrogens (tertiary/aromatic N) is 1. The van der Waals surface area contributed by atoms with E-state index in [0.717, 1.165) is 16.1 Å². The number of hydrogen-bond donors (Lipinski definition) is 0. The Balaban J connectivity index is 1.25. The highest BCUT2D eigenvalue weighted by Crippen LogP contribution is 2.46. The monoisotopic (exact) mass is 639 g/mol. The highest BCUT2D eigenvalue weighted by molar-refractivity contribution is 7.21. The van der Waals surface area contributed by atoms with Crippen LogP contribution < -0.4 is 0 Å². The van der Waals surface area contributed by atoms with E-state index in [2.05, 4.69) is 176 Å². The fraction of sp³-hybridized carbons (Fsp3) is 0. The summed E-state index contributed by atoms with van der Waals surface area (Å²) < 4.78 is 1.21. The van der Waals surface area contributed by atoms with E-state index in [1.165, 1.54) is 81.2 Å². The van der Waals surface area contributed by atoms with E-state index in [-0.39, 0.29) is 0 Å². The first-order valence-electron chi connectivity index (χ1n) is 16.7. The van der Waals surface area contributed by atoms with Crippen molar-refractivity contribution < 1.29 is 0 Å². The van der Waals surface area contributed by atoms with Crippen LogP contribution in [0.3, 0.4) is 0 Å². The Hall–Kier alpha value is -6.09. The van der Waals surface area contributed by atoms with Gasteiger partial charge in [-0.3, -0.25) is 0 Å². The molecule has 1 heterocycles. The van der Waals surface area contributed by atoms with Crippen molar-refractivity contribution in [2.24, 2.45) is 0 Å². The van der Waals surface area contributed by atoms with Gasteiger partial charge in [0.2, 0.25) is 0 Å². The summed E-state index contributed by atoms with van der Waals surface area (Å²) in [6, 6.07) is 64.3. The summed E-state index contributed by atoms with van der Waals surface area (Å²) in [7, 11) is 0. The number of hydrogen-bond acceptors (Lipinski definition) is 2. The minimum atomic E-state index is 1.05. The van der Waals surface area contributed by atoms with Crippen LogP contribution in [0.2, 0.25) is 0 Å². The minimum absolute atomic E-state index is 1.05. The first kappa shape index (κ1) is 28.0. The highest BCUT2D eigenvalue weighted by atomic mass is 32.1. The Labute approximate surface area is 288 Å². The second-order valence-electron chi connectivity index (χ2n) is 12.7. The molecule has 10 rings (SSSR count). The molecule has 49 heavy (non-hydrogen) atoms. The van der Waals surface area contributed by atoms with Crippen molar-refractivity contribution in [2.45, 2.75) is 0 Å². The van der Waals surface area contributed by atoms with Gasteiger partial charge in [0.25, 0.3) is 0 Å². The molecular weight excluding hydrogens is 611 g/mol. The zero-order valence-electron chi connectivity index (χ0n) is 26.6. The van der Waals surface area contributed by atoms with Gasteiger partial charge in [-0.05, 0) is 113 Å². The Bertz CT molecular complexity index is 2860. The molecule has 0 aliphatic rings. The van der Waals surface area contributed by atoms with E-state index in [1.54, 1.807) is 11.3 Å². The predicted molar refractivity (Wildman–Crippen MR) is 211 cm³/mol. The van der Waals surface area contributed by atoms with Crippen molar-refractivity contribution in [3.8, 4) is 44.0 Å². The van der Waals surface area contributed by atoms with E-state index in [9.17, 15) is 0 Å². The van der Waals surface area contributed by atoms with Gasteiger partial charge in [-0.15, -0.1) is 11.3 Å². The van der Waals surface area contributed by atoms with Gasteiger partial charge in [0.05, 0.1) is 10.2 Å². The molecule has 10 aromatic rings. The van der Waals surface area contributed by atoms with Crippen LogP contribution in [0.4, 0.5) is 0 Å². The molecule has 0 bridgehead atoms. The zero-order valence-corrected chi connectivity index (χ0v) is 27.4. The Morgan fingerprint density at radius 3 is 1.55 bits per heavy atom. The highest BCUT2D eigenvalue weighted by Gasteiger charge is 2.18. The Morgan fingerprint density at radius 2 is 0.857 bits per heavy atom. The quantitative estimate of drug-likeness (QED) is 0.175.